The van der Waals surface area contributed by atoms with E-state index in [4.69, 9.17) is 9.47 Å². The van der Waals surface area contributed by atoms with E-state index in [2.05, 4.69) is 15.2 Å². The number of pyridine rings is 1. The predicted octanol–water partition coefficient (Wildman–Crippen LogP) is 2.06. The third-order valence-corrected chi connectivity index (χ3v) is 5.67. The number of hydrogen-bond donors (Lipinski definition) is 1. The minimum Gasteiger partial charge on any atom is -0.497 e. The van der Waals surface area contributed by atoms with E-state index in [9.17, 15) is 9.59 Å². The first-order valence-electron chi connectivity index (χ1n) is 9.72. The number of esters is 1. The highest BCUT2D eigenvalue weighted by Crippen LogP contribution is 2.23. The number of hydrogen-bond acceptors (Lipinski definition) is 6. The molecule has 2 aromatic rings. The molecule has 1 N–H and O–H groups in total. The maximum atomic E-state index is 12.8. The van der Waals surface area contributed by atoms with E-state index in [0.29, 0.717) is 17.9 Å². The number of nitrogens with one attached hydrogen (secondary N) is 1. The Morgan fingerprint density at radius 2 is 2.04 bits per heavy atom. The van der Waals surface area contributed by atoms with E-state index in [1.807, 2.05) is 31.2 Å². The minimum absolute atomic E-state index is 0.0959. The topological polar surface area (TPSA) is 80.8 Å². The molecule has 0 aliphatic carbocycles. The van der Waals surface area contributed by atoms with E-state index >= 15 is 0 Å². The molecule has 7 nitrogen and oxygen atoms in total. The largest absolute Gasteiger partial charge is 0.497 e. The average molecular weight is 383 g/mol. The van der Waals surface area contributed by atoms with Gasteiger partial charge in [-0.1, -0.05) is 0 Å². The highest BCUT2D eigenvalue weighted by Gasteiger charge is 2.34. The third-order valence-electron chi connectivity index (χ3n) is 5.67. The molecule has 2 saturated heterocycles. The Balaban J connectivity index is 1.41. The number of cyclic esters (lactones) is 1. The van der Waals surface area contributed by atoms with Crippen LogP contribution in [-0.2, 0) is 9.53 Å². The molecule has 0 saturated carbocycles. The van der Waals surface area contributed by atoms with Gasteiger partial charge in [0.15, 0.2) is 0 Å². The molecule has 1 aromatic carbocycles. The van der Waals surface area contributed by atoms with Gasteiger partial charge in [-0.2, -0.15) is 0 Å². The van der Waals surface area contributed by atoms with Crippen LogP contribution in [0.4, 0.5) is 0 Å². The van der Waals surface area contributed by atoms with Gasteiger partial charge >= 0.3 is 5.97 Å². The standard InChI is InChI=1S/C21H25N3O4/c1-13-17(11-14-3-4-16(27-2)12-18(14)22-13)20(25)23-15-5-8-24(9-6-15)19-7-10-28-21(19)26/h3-4,11-12,15,19H,5-10H2,1-2H3,(H,23,25)/t19-/m0/s1. The van der Waals surface area contributed by atoms with Crippen LogP contribution in [0.5, 0.6) is 5.75 Å². The number of carbonyl (C=O) groups excluding carboxylic acids is 2. The van der Waals surface area contributed by atoms with Gasteiger partial charge in [0, 0.05) is 37.0 Å². The molecule has 148 valence electrons. The van der Waals surface area contributed by atoms with Crippen LogP contribution in [0.25, 0.3) is 10.9 Å². The van der Waals surface area contributed by atoms with Crippen molar-refractivity contribution in [1.29, 1.82) is 0 Å². The van der Waals surface area contributed by atoms with Crippen molar-refractivity contribution in [1.82, 2.24) is 15.2 Å². The number of aryl methyl sites for hydroxylation is 1. The maximum absolute atomic E-state index is 12.8. The lowest BCUT2D eigenvalue weighted by atomic mass is 10.0. The molecule has 0 spiro atoms. The van der Waals surface area contributed by atoms with Crippen LogP contribution in [-0.4, -0.2) is 60.7 Å². The highest BCUT2D eigenvalue weighted by atomic mass is 16.5. The van der Waals surface area contributed by atoms with E-state index in [0.717, 1.165) is 49.0 Å². The van der Waals surface area contributed by atoms with Crippen molar-refractivity contribution in [2.75, 3.05) is 26.8 Å². The summed E-state index contributed by atoms with van der Waals surface area (Å²) < 4.78 is 10.3. The summed E-state index contributed by atoms with van der Waals surface area (Å²) in [6.07, 6.45) is 2.42. The Hall–Kier alpha value is -2.67. The zero-order valence-corrected chi connectivity index (χ0v) is 16.2. The molecule has 2 aliphatic heterocycles. The monoisotopic (exact) mass is 383 g/mol. The molecule has 1 aromatic heterocycles. The Morgan fingerprint density at radius 3 is 2.71 bits per heavy atom. The van der Waals surface area contributed by atoms with Gasteiger partial charge in [-0.05, 0) is 38.0 Å². The number of amides is 1. The molecule has 28 heavy (non-hydrogen) atoms. The number of nitrogens with zero attached hydrogens (tertiary/aromatic N) is 2. The number of rotatable bonds is 4. The number of fused-ring (bicyclic) bond motifs is 1. The van der Waals surface area contributed by atoms with Crippen molar-refractivity contribution in [2.24, 2.45) is 0 Å². The summed E-state index contributed by atoms with van der Waals surface area (Å²) in [6, 6.07) is 7.53. The second-order valence-electron chi connectivity index (χ2n) is 7.44. The summed E-state index contributed by atoms with van der Waals surface area (Å²) in [5.41, 5.74) is 2.11. The molecule has 1 atom stereocenters. The molecule has 0 radical (unpaired) electrons. The highest BCUT2D eigenvalue weighted by molar-refractivity contribution is 5.99. The van der Waals surface area contributed by atoms with Crippen LogP contribution < -0.4 is 10.1 Å². The van der Waals surface area contributed by atoms with Crippen molar-refractivity contribution in [3.8, 4) is 5.75 Å². The summed E-state index contributed by atoms with van der Waals surface area (Å²) in [5, 5.41) is 4.05. The quantitative estimate of drug-likeness (QED) is 0.814. The fraction of sp³-hybridized carbons (Fsp3) is 0.476. The molecule has 4 rings (SSSR count). The molecular formula is C21H25N3O4. The van der Waals surface area contributed by atoms with Gasteiger partial charge in [-0.3, -0.25) is 19.5 Å². The first kappa shape index (κ1) is 18.7. The zero-order valence-electron chi connectivity index (χ0n) is 16.2. The van der Waals surface area contributed by atoms with Crippen molar-refractivity contribution in [3.63, 3.8) is 0 Å². The average Bonchev–Trinajstić information content (AvgIpc) is 3.13. The Labute approximate surface area is 164 Å². The third kappa shape index (κ3) is 3.67. The Kier molecular flexibility index (Phi) is 5.17. The minimum atomic E-state index is -0.114. The van der Waals surface area contributed by atoms with Gasteiger partial charge in [-0.25, -0.2) is 0 Å². The molecule has 3 heterocycles. The van der Waals surface area contributed by atoms with Crippen LogP contribution in [0, 0.1) is 6.92 Å². The Bertz CT molecular complexity index is 906. The number of carbonyl (C=O) groups is 2. The van der Waals surface area contributed by atoms with Gasteiger partial charge in [0.05, 0.1) is 30.5 Å². The molecule has 7 heteroatoms. The number of ether oxygens (including phenoxy) is 2. The summed E-state index contributed by atoms with van der Waals surface area (Å²) in [7, 11) is 1.62. The van der Waals surface area contributed by atoms with Crippen molar-refractivity contribution in [3.05, 3.63) is 35.5 Å². The van der Waals surface area contributed by atoms with Gasteiger partial charge in [-0.15, -0.1) is 0 Å². The maximum Gasteiger partial charge on any atom is 0.323 e. The second-order valence-corrected chi connectivity index (χ2v) is 7.44. The fourth-order valence-corrected chi connectivity index (χ4v) is 4.04. The van der Waals surface area contributed by atoms with Crippen LogP contribution in [0.1, 0.15) is 35.3 Å². The van der Waals surface area contributed by atoms with Gasteiger partial charge in [0.2, 0.25) is 0 Å². The lowest BCUT2D eigenvalue weighted by Gasteiger charge is -2.34. The Morgan fingerprint density at radius 1 is 1.25 bits per heavy atom. The summed E-state index contributed by atoms with van der Waals surface area (Å²) >= 11 is 0. The van der Waals surface area contributed by atoms with E-state index in [-0.39, 0.29) is 24.0 Å². The first-order valence-corrected chi connectivity index (χ1v) is 9.72. The van der Waals surface area contributed by atoms with E-state index in [1.165, 1.54) is 0 Å². The number of piperidine rings is 1. The van der Waals surface area contributed by atoms with Crippen molar-refractivity contribution >= 4 is 22.8 Å². The molecule has 2 fully saturated rings. The first-order chi connectivity index (χ1) is 13.5. The molecule has 1 amide bonds. The van der Waals surface area contributed by atoms with Crippen molar-refractivity contribution in [2.45, 2.75) is 38.3 Å². The normalized spacial score (nSPS) is 20.9. The molecule has 0 unspecified atom stereocenters. The van der Waals surface area contributed by atoms with Gasteiger partial charge < -0.3 is 14.8 Å². The van der Waals surface area contributed by atoms with Crippen LogP contribution in [0.2, 0.25) is 0 Å². The number of benzene rings is 1. The molecule has 0 bridgehead atoms. The number of aromatic nitrogens is 1. The van der Waals surface area contributed by atoms with E-state index < -0.39 is 0 Å². The van der Waals surface area contributed by atoms with E-state index in [1.54, 1.807) is 7.11 Å². The molecule has 2 aliphatic rings. The van der Waals surface area contributed by atoms with Crippen LogP contribution in [0.15, 0.2) is 24.3 Å². The summed E-state index contributed by atoms with van der Waals surface area (Å²) in [4.78, 5) is 31.3. The lowest BCUT2D eigenvalue weighted by Crippen LogP contribution is -2.49. The zero-order chi connectivity index (χ0) is 19.7. The van der Waals surface area contributed by atoms with Gasteiger partial charge in [0.25, 0.3) is 5.91 Å². The van der Waals surface area contributed by atoms with Crippen LogP contribution in [0.3, 0.4) is 0 Å². The lowest BCUT2D eigenvalue weighted by molar-refractivity contribution is -0.142. The predicted molar refractivity (Wildman–Crippen MR) is 104 cm³/mol. The van der Waals surface area contributed by atoms with Gasteiger partial charge in [0.1, 0.15) is 11.8 Å². The second kappa shape index (κ2) is 7.75. The fourth-order valence-electron chi connectivity index (χ4n) is 4.04. The number of likely N-dealkylation sites (tertiary alicyclic amines) is 1. The summed E-state index contributed by atoms with van der Waals surface area (Å²) in [5.74, 6) is 0.535. The van der Waals surface area contributed by atoms with Crippen molar-refractivity contribution < 1.29 is 19.1 Å². The van der Waals surface area contributed by atoms with Crippen LogP contribution >= 0.6 is 0 Å². The number of methoxy groups -OCH3 is 1. The smallest absolute Gasteiger partial charge is 0.323 e. The molecular weight excluding hydrogens is 358 g/mol. The SMILES string of the molecule is COc1ccc2cc(C(=O)NC3CCN([C@H]4CCOC4=O)CC3)c(C)nc2c1. The summed E-state index contributed by atoms with van der Waals surface area (Å²) in [6.45, 7) is 3.95.